The summed E-state index contributed by atoms with van der Waals surface area (Å²) in [6.07, 6.45) is 0. The Morgan fingerprint density at radius 2 is 1.78 bits per heavy atom. The van der Waals surface area contributed by atoms with Crippen LogP contribution < -0.4 is 5.73 Å². The third kappa shape index (κ3) is 3.54. The van der Waals surface area contributed by atoms with Gasteiger partial charge < -0.3 is 10.6 Å². The van der Waals surface area contributed by atoms with Gasteiger partial charge in [-0.1, -0.05) is 30.3 Å². The third-order valence-corrected chi connectivity index (χ3v) is 5.08. The van der Waals surface area contributed by atoms with Crippen LogP contribution in [-0.2, 0) is 9.84 Å². The van der Waals surface area contributed by atoms with Gasteiger partial charge in [0.25, 0.3) is 0 Å². The van der Waals surface area contributed by atoms with E-state index in [1.165, 1.54) is 5.56 Å². The number of sulfone groups is 1. The number of hydrogen-bond donors (Lipinski definition) is 1. The van der Waals surface area contributed by atoms with Gasteiger partial charge in [0.15, 0.2) is 9.84 Å². The lowest BCUT2D eigenvalue weighted by molar-refractivity contribution is 0.277. The van der Waals surface area contributed by atoms with Crippen molar-refractivity contribution < 1.29 is 8.42 Å². The van der Waals surface area contributed by atoms with Gasteiger partial charge in [-0.25, -0.2) is 8.42 Å². The van der Waals surface area contributed by atoms with Crippen LogP contribution in [0.25, 0.3) is 0 Å². The first-order chi connectivity index (χ1) is 8.61. The Bertz CT molecular complexity index is 459. The van der Waals surface area contributed by atoms with E-state index in [2.05, 4.69) is 17.0 Å². The van der Waals surface area contributed by atoms with Crippen molar-refractivity contribution in [3.63, 3.8) is 0 Å². The van der Waals surface area contributed by atoms with Gasteiger partial charge in [0.2, 0.25) is 0 Å². The monoisotopic (exact) mass is 268 g/mol. The largest absolute Gasteiger partial charge is 0.330 e. The Balaban J connectivity index is 1.96. The third-order valence-electron chi connectivity index (χ3n) is 3.47. The lowest BCUT2D eigenvalue weighted by Gasteiger charge is -2.30. The maximum atomic E-state index is 11.4. The lowest BCUT2D eigenvalue weighted by Crippen LogP contribution is -2.43. The second-order valence-corrected chi connectivity index (χ2v) is 7.10. The molecule has 1 aromatic rings. The zero-order chi connectivity index (χ0) is 13.0. The molecule has 4 nitrogen and oxygen atoms in total. The molecule has 0 saturated carbocycles. The molecule has 1 aromatic carbocycles. The van der Waals surface area contributed by atoms with Crippen LogP contribution in [0.15, 0.2) is 30.3 Å². The van der Waals surface area contributed by atoms with Gasteiger partial charge in [0.05, 0.1) is 11.5 Å². The fourth-order valence-corrected chi connectivity index (χ4v) is 3.56. The van der Waals surface area contributed by atoms with Crippen molar-refractivity contribution in [2.75, 3.05) is 37.7 Å². The summed E-state index contributed by atoms with van der Waals surface area (Å²) in [5.41, 5.74) is 7.06. The first kappa shape index (κ1) is 13.5. The number of rotatable bonds is 4. The smallest absolute Gasteiger partial charge is 0.152 e. The fourth-order valence-electron chi connectivity index (χ4n) is 2.29. The molecule has 1 atom stereocenters. The Kier molecular flexibility index (Phi) is 4.37. The maximum absolute atomic E-state index is 11.4. The van der Waals surface area contributed by atoms with Crippen LogP contribution in [0, 0.1) is 0 Å². The fraction of sp³-hybridized carbons (Fsp3) is 0.538. The van der Waals surface area contributed by atoms with Gasteiger partial charge in [0, 0.05) is 32.1 Å². The molecule has 2 N–H and O–H groups in total. The molecule has 1 aliphatic heterocycles. The number of nitrogens with two attached hydrogens (primary N) is 1. The standard InChI is InChI=1S/C13H20N2O2S/c14-10-13(12-4-2-1-3-5-12)11-15-6-8-18(16,17)9-7-15/h1-5,13H,6-11,14H2. The van der Waals surface area contributed by atoms with Gasteiger partial charge in [-0.2, -0.15) is 0 Å². The van der Waals surface area contributed by atoms with Crippen molar-refractivity contribution in [3.05, 3.63) is 35.9 Å². The molecule has 0 radical (unpaired) electrons. The van der Waals surface area contributed by atoms with Crippen LogP contribution in [0.5, 0.6) is 0 Å². The minimum Gasteiger partial charge on any atom is -0.330 e. The minimum atomic E-state index is -2.80. The van der Waals surface area contributed by atoms with E-state index in [0.29, 0.717) is 19.6 Å². The summed E-state index contributed by atoms with van der Waals surface area (Å²) in [7, 11) is -2.80. The Morgan fingerprint density at radius 3 is 2.33 bits per heavy atom. The van der Waals surface area contributed by atoms with Gasteiger partial charge in [-0.15, -0.1) is 0 Å². The second kappa shape index (κ2) is 5.82. The van der Waals surface area contributed by atoms with E-state index in [4.69, 9.17) is 5.73 Å². The number of nitrogens with zero attached hydrogens (tertiary/aromatic N) is 1. The molecule has 5 heteroatoms. The summed E-state index contributed by atoms with van der Waals surface area (Å²) in [4.78, 5) is 2.20. The zero-order valence-electron chi connectivity index (χ0n) is 10.5. The van der Waals surface area contributed by atoms with Crippen LogP contribution in [0.4, 0.5) is 0 Å². The molecule has 0 spiro atoms. The van der Waals surface area contributed by atoms with E-state index >= 15 is 0 Å². The van der Waals surface area contributed by atoms with Crippen molar-refractivity contribution in [2.45, 2.75) is 5.92 Å². The molecule has 1 heterocycles. The van der Waals surface area contributed by atoms with E-state index in [0.717, 1.165) is 6.54 Å². The molecule has 0 amide bonds. The quantitative estimate of drug-likeness (QED) is 0.861. The van der Waals surface area contributed by atoms with E-state index in [9.17, 15) is 8.42 Å². The Morgan fingerprint density at radius 1 is 1.17 bits per heavy atom. The highest BCUT2D eigenvalue weighted by molar-refractivity contribution is 7.91. The topological polar surface area (TPSA) is 63.4 Å². The maximum Gasteiger partial charge on any atom is 0.152 e. The predicted octanol–water partition coefficient (Wildman–Crippen LogP) is 0.459. The van der Waals surface area contributed by atoms with Gasteiger partial charge in [-0.3, -0.25) is 0 Å². The van der Waals surface area contributed by atoms with Gasteiger partial charge in [0.1, 0.15) is 0 Å². The first-order valence-corrected chi connectivity index (χ1v) is 8.10. The molecule has 18 heavy (non-hydrogen) atoms. The number of hydrogen-bond acceptors (Lipinski definition) is 4. The van der Waals surface area contributed by atoms with E-state index < -0.39 is 9.84 Å². The molecule has 1 saturated heterocycles. The molecule has 0 aromatic heterocycles. The molecule has 1 aliphatic rings. The second-order valence-electron chi connectivity index (χ2n) is 4.80. The van der Waals surface area contributed by atoms with Crippen molar-refractivity contribution >= 4 is 9.84 Å². The van der Waals surface area contributed by atoms with E-state index in [1.807, 2.05) is 18.2 Å². The first-order valence-electron chi connectivity index (χ1n) is 6.28. The average Bonchev–Trinajstić information content (AvgIpc) is 2.39. The van der Waals surface area contributed by atoms with Crippen LogP contribution in [-0.4, -0.2) is 51.0 Å². The molecule has 0 bridgehead atoms. The molecule has 2 rings (SSSR count). The highest BCUT2D eigenvalue weighted by atomic mass is 32.2. The molecular weight excluding hydrogens is 248 g/mol. The van der Waals surface area contributed by atoms with Crippen LogP contribution in [0.1, 0.15) is 11.5 Å². The van der Waals surface area contributed by atoms with Crippen LogP contribution in [0.2, 0.25) is 0 Å². The molecular formula is C13H20N2O2S. The van der Waals surface area contributed by atoms with Crippen molar-refractivity contribution in [2.24, 2.45) is 5.73 Å². The van der Waals surface area contributed by atoms with E-state index in [1.54, 1.807) is 0 Å². The van der Waals surface area contributed by atoms with Crippen molar-refractivity contribution in [1.29, 1.82) is 0 Å². The summed E-state index contributed by atoms with van der Waals surface area (Å²) in [6.45, 7) is 2.70. The summed E-state index contributed by atoms with van der Waals surface area (Å²) in [6, 6.07) is 10.2. The molecule has 1 unspecified atom stereocenters. The van der Waals surface area contributed by atoms with Crippen LogP contribution in [0.3, 0.4) is 0 Å². The Labute approximate surface area is 109 Å². The molecule has 1 fully saturated rings. The molecule has 0 aliphatic carbocycles. The van der Waals surface area contributed by atoms with Crippen molar-refractivity contribution in [3.8, 4) is 0 Å². The number of benzene rings is 1. The summed E-state index contributed by atoms with van der Waals surface area (Å²) >= 11 is 0. The SMILES string of the molecule is NCC(CN1CCS(=O)(=O)CC1)c1ccccc1. The highest BCUT2D eigenvalue weighted by Gasteiger charge is 2.23. The summed E-state index contributed by atoms with van der Waals surface area (Å²) in [5, 5.41) is 0. The summed E-state index contributed by atoms with van der Waals surface area (Å²) < 4.78 is 22.7. The molecule has 100 valence electrons. The lowest BCUT2D eigenvalue weighted by atomic mass is 9.99. The van der Waals surface area contributed by atoms with Gasteiger partial charge >= 0.3 is 0 Å². The normalized spacial score (nSPS) is 21.6. The Hall–Kier alpha value is -0.910. The zero-order valence-corrected chi connectivity index (χ0v) is 11.3. The van der Waals surface area contributed by atoms with Crippen molar-refractivity contribution in [1.82, 2.24) is 4.90 Å². The van der Waals surface area contributed by atoms with Crippen LogP contribution >= 0.6 is 0 Å². The minimum absolute atomic E-state index is 0.277. The van der Waals surface area contributed by atoms with Gasteiger partial charge in [-0.05, 0) is 5.56 Å². The average molecular weight is 268 g/mol. The van der Waals surface area contributed by atoms with E-state index in [-0.39, 0.29) is 17.4 Å². The predicted molar refractivity (Wildman–Crippen MR) is 73.3 cm³/mol. The highest BCUT2D eigenvalue weighted by Crippen LogP contribution is 2.17. The summed E-state index contributed by atoms with van der Waals surface area (Å²) in [5.74, 6) is 0.838.